The van der Waals surface area contributed by atoms with E-state index in [0.717, 1.165) is 0 Å². The van der Waals surface area contributed by atoms with Crippen molar-refractivity contribution in [2.75, 3.05) is 0 Å². The minimum atomic E-state index is 0.538. The number of benzene rings is 1. The van der Waals surface area contributed by atoms with Gasteiger partial charge in [0.05, 0.1) is 0 Å². The van der Waals surface area contributed by atoms with Crippen molar-refractivity contribution in [3.8, 4) is 0 Å². The topological polar surface area (TPSA) is 0 Å². The van der Waals surface area contributed by atoms with Crippen LogP contribution in [0.3, 0.4) is 0 Å². The van der Waals surface area contributed by atoms with E-state index >= 15 is 0 Å². The van der Waals surface area contributed by atoms with Crippen molar-refractivity contribution in [3.63, 3.8) is 0 Å². The molecule has 0 saturated carbocycles. The minimum Gasteiger partial charge on any atom is -0.102 e. The number of allylic oxidation sites excluding steroid dienone is 1. The van der Waals surface area contributed by atoms with Crippen LogP contribution in [0.1, 0.15) is 31.2 Å². The summed E-state index contributed by atoms with van der Waals surface area (Å²) >= 11 is 0. The third-order valence-electron chi connectivity index (χ3n) is 2.11. The average molecular weight is 160 g/mol. The molecule has 0 bridgehead atoms. The molecule has 0 saturated heterocycles. The lowest BCUT2D eigenvalue weighted by Crippen LogP contribution is -1.92. The smallest absolute Gasteiger partial charge is 0.00151 e. The first-order valence-electron chi connectivity index (χ1n) is 4.56. The third kappa shape index (κ3) is 2.23. The zero-order valence-corrected chi connectivity index (χ0v) is 7.66. The Bertz CT molecular complexity index is 223. The predicted molar refractivity (Wildman–Crippen MR) is 54.3 cm³/mol. The van der Waals surface area contributed by atoms with Gasteiger partial charge in [-0.15, -0.1) is 6.58 Å². The van der Waals surface area contributed by atoms with Crippen LogP contribution in [-0.2, 0) is 0 Å². The van der Waals surface area contributed by atoms with Crippen LogP contribution in [-0.4, -0.2) is 0 Å². The van der Waals surface area contributed by atoms with Crippen LogP contribution in [0, 0.1) is 0 Å². The average Bonchev–Trinajstić information content (AvgIpc) is 2.15. The molecule has 0 aromatic heterocycles. The second-order valence-electron chi connectivity index (χ2n) is 3.04. The van der Waals surface area contributed by atoms with E-state index in [2.05, 4.69) is 43.8 Å². The molecule has 1 atom stereocenters. The molecule has 1 aromatic rings. The van der Waals surface area contributed by atoms with Gasteiger partial charge in [0.25, 0.3) is 0 Å². The van der Waals surface area contributed by atoms with Crippen LogP contribution in [0.4, 0.5) is 0 Å². The summed E-state index contributed by atoms with van der Waals surface area (Å²) in [5, 5.41) is 0. The van der Waals surface area contributed by atoms with E-state index in [0.29, 0.717) is 5.92 Å². The van der Waals surface area contributed by atoms with Crippen LogP contribution in [0.2, 0.25) is 0 Å². The summed E-state index contributed by atoms with van der Waals surface area (Å²) < 4.78 is 0. The maximum Gasteiger partial charge on any atom is 0.00151 e. The fourth-order valence-corrected chi connectivity index (χ4v) is 1.43. The summed E-state index contributed by atoms with van der Waals surface area (Å²) in [7, 11) is 0. The minimum absolute atomic E-state index is 0.538. The lowest BCUT2D eigenvalue weighted by Gasteiger charge is -2.10. The first-order chi connectivity index (χ1) is 5.88. The van der Waals surface area contributed by atoms with Gasteiger partial charge in [0.1, 0.15) is 0 Å². The summed E-state index contributed by atoms with van der Waals surface area (Å²) in [4.78, 5) is 0. The van der Waals surface area contributed by atoms with Crippen LogP contribution in [0.25, 0.3) is 0 Å². The summed E-state index contributed by atoms with van der Waals surface area (Å²) in [6.07, 6.45) is 4.46. The van der Waals surface area contributed by atoms with Crippen molar-refractivity contribution in [3.05, 3.63) is 48.6 Å². The molecule has 0 amide bonds. The van der Waals surface area contributed by atoms with Crippen LogP contribution in [0.5, 0.6) is 0 Å². The Morgan fingerprint density at radius 1 is 1.33 bits per heavy atom. The molecule has 0 nitrogen and oxygen atoms in total. The fraction of sp³-hybridized carbons (Fsp3) is 0.333. The number of hydrogen-bond acceptors (Lipinski definition) is 0. The summed E-state index contributed by atoms with van der Waals surface area (Å²) in [6.45, 7) is 6.06. The van der Waals surface area contributed by atoms with E-state index in [1.165, 1.54) is 18.4 Å². The van der Waals surface area contributed by atoms with Crippen molar-refractivity contribution in [2.24, 2.45) is 0 Å². The van der Waals surface area contributed by atoms with Gasteiger partial charge in [-0.2, -0.15) is 0 Å². The number of rotatable bonds is 4. The van der Waals surface area contributed by atoms with Crippen LogP contribution in [0.15, 0.2) is 43.0 Å². The van der Waals surface area contributed by atoms with E-state index in [-0.39, 0.29) is 0 Å². The molecule has 0 heteroatoms. The zero-order chi connectivity index (χ0) is 8.81. The first-order valence-corrected chi connectivity index (χ1v) is 4.56. The molecule has 0 radical (unpaired) electrons. The molecular formula is C12H16. The highest BCUT2D eigenvalue weighted by Crippen LogP contribution is 2.21. The molecule has 0 aliphatic rings. The summed E-state index contributed by atoms with van der Waals surface area (Å²) in [5.74, 6) is 0.538. The van der Waals surface area contributed by atoms with Crippen molar-refractivity contribution in [1.29, 1.82) is 0 Å². The quantitative estimate of drug-likeness (QED) is 0.588. The van der Waals surface area contributed by atoms with E-state index in [9.17, 15) is 0 Å². The molecule has 0 aliphatic heterocycles. The van der Waals surface area contributed by atoms with Crippen molar-refractivity contribution in [1.82, 2.24) is 0 Å². The standard InChI is InChI=1S/C12H16/c1-3-8-11(4-2)12-9-6-5-7-10-12/h4-7,9-11H,2-3,8H2,1H3. The Morgan fingerprint density at radius 2 is 2.00 bits per heavy atom. The highest BCUT2D eigenvalue weighted by atomic mass is 14.1. The monoisotopic (exact) mass is 160 g/mol. The Morgan fingerprint density at radius 3 is 2.50 bits per heavy atom. The van der Waals surface area contributed by atoms with E-state index in [1.54, 1.807) is 0 Å². The summed E-state index contributed by atoms with van der Waals surface area (Å²) in [5.41, 5.74) is 1.38. The van der Waals surface area contributed by atoms with E-state index in [1.807, 2.05) is 6.08 Å². The predicted octanol–water partition coefficient (Wildman–Crippen LogP) is 3.76. The van der Waals surface area contributed by atoms with Gasteiger partial charge in [0, 0.05) is 5.92 Å². The molecule has 0 fully saturated rings. The molecule has 64 valence electrons. The van der Waals surface area contributed by atoms with Crippen molar-refractivity contribution in [2.45, 2.75) is 25.7 Å². The normalized spacial score (nSPS) is 12.4. The van der Waals surface area contributed by atoms with Gasteiger partial charge in [0.2, 0.25) is 0 Å². The van der Waals surface area contributed by atoms with Gasteiger partial charge < -0.3 is 0 Å². The Balaban J connectivity index is 2.73. The van der Waals surface area contributed by atoms with E-state index < -0.39 is 0 Å². The van der Waals surface area contributed by atoms with Gasteiger partial charge >= 0.3 is 0 Å². The van der Waals surface area contributed by atoms with Gasteiger partial charge in [-0.05, 0) is 12.0 Å². The highest BCUT2D eigenvalue weighted by molar-refractivity contribution is 5.22. The van der Waals surface area contributed by atoms with Gasteiger partial charge in [-0.3, -0.25) is 0 Å². The molecule has 0 spiro atoms. The Labute approximate surface area is 74.9 Å². The first kappa shape index (κ1) is 9.05. The Kier molecular flexibility index (Phi) is 3.59. The lowest BCUT2D eigenvalue weighted by atomic mass is 9.95. The number of hydrogen-bond donors (Lipinski definition) is 0. The highest BCUT2D eigenvalue weighted by Gasteiger charge is 2.03. The maximum absolute atomic E-state index is 3.86. The molecule has 1 rings (SSSR count). The molecule has 1 unspecified atom stereocenters. The van der Waals surface area contributed by atoms with Crippen molar-refractivity contribution >= 4 is 0 Å². The molecule has 0 aliphatic carbocycles. The van der Waals surface area contributed by atoms with Crippen molar-refractivity contribution < 1.29 is 0 Å². The molecular weight excluding hydrogens is 144 g/mol. The van der Waals surface area contributed by atoms with Crippen LogP contribution >= 0.6 is 0 Å². The lowest BCUT2D eigenvalue weighted by molar-refractivity contribution is 0.718. The zero-order valence-electron chi connectivity index (χ0n) is 7.66. The van der Waals surface area contributed by atoms with Gasteiger partial charge in [0.15, 0.2) is 0 Å². The van der Waals surface area contributed by atoms with E-state index in [4.69, 9.17) is 0 Å². The SMILES string of the molecule is C=CC(CCC)c1ccccc1. The van der Waals surface area contributed by atoms with Gasteiger partial charge in [-0.1, -0.05) is 49.8 Å². The van der Waals surface area contributed by atoms with Gasteiger partial charge in [-0.25, -0.2) is 0 Å². The maximum atomic E-state index is 3.86. The summed E-state index contributed by atoms with van der Waals surface area (Å²) in [6, 6.07) is 10.6. The Hall–Kier alpha value is -1.04. The third-order valence-corrected chi connectivity index (χ3v) is 2.11. The fourth-order valence-electron chi connectivity index (χ4n) is 1.43. The second-order valence-corrected chi connectivity index (χ2v) is 3.04. The second kappa shape index (κ2) is 4.76. The molecule has 12 heavy (non-hydrogen) atoms. The molecule has 0 N–H and O–H groups in total. The molecule has 1 aromatic carbocycles. The van der Waals surface area contributed by atoms with Crippen LogP contribution < -0.4 is 0 Å². The molecule has 0 heterocycles. The largest absolute Gasteiger partial charge is 0.102 e.